The summed E-state index contributed by atoms with van der Waals surface area (Å²) in [5.41, 5.74) is 4.14. The van der Waals surface area contributed by atoms with E-state index in [4.69, 9.17) is 0 Å². The number of nitrogens with zero attached hydrogens (tertiary/aromatic N) is 1. The van der Waals surface area contributed by atoms with E-state index >= 15 is 0 Å². The maximum atomic E-state index is 4.38. The number of fused-ring (bicyclic) bond motifs is 1. The molecule has 1 aromatic carbocycles. The highest BCUT2D eigenvalue weighted by Crippen LogP contribution is 2.34. The molecule has 0 saturated heterocycles. The zero-order valence-corrected chi connectivity index (χ0v) is 10.6. The highest BCUT2D eigenvalue weighted by Gasteiger charge is 2.25. The van der Waals surface area contributed by atoms with Crippen LogP contribution in [-0.4, -0.2) is 11.5 Å². The fraction of sp³-hybridized carbons (Fsp3) is 0.312. The van der Waals surface area contributed by atoms with Gasteiger partial charge in [-0.25, -0.2) is 0 Å². The van der Waals surface area contributed by atoms with Crippen LogP contribution in [0.3, 0.4) is 0 Å². The first-order valence-electron chi connectivity index (χ1n) is 6.56. The summed E-state index contributed by atoms with van der Waals surface area (Å²) >= 11 is 0. The van der Waals surface area contributed by atoms with Crippen molar-refractivity contribution in [1.82, 2.24) is 10.3 Å². The van der Waals surface area contributed by atoms with Gasteiger partial charge in [0.05, 0.1) is 5.69 Å². The minimum Gasteiger partial charge on any atom is -0.308 e. The SMILES string of the molecule is C[C@@H](NCC1Cc2ccccc21)c1ccccn1. The number of hydrogen-bond donors (Lipinski definition) is 1. The van der Waals surface area contributed by atoms with E-state index in [2.05, 4.69) is 47.6 Å². The van der Waals surface area contributed by atoms with Crippen LogP contribution in [0, 0.1) is 0 Å². The quantitative estimate of drug-likeness (QED) is 0.885. The van der Waals surface area contributed by atoms with Crippen LogP contribution >= 0.6 is 0 Å². The van der Waals surface area contributed by atoms with E-state index in [0.29, 0.717) is 12.0 Å². The first kappa shape index (κ1) is 11.4. The minimum atomic E-state index is 0.318. The van der Waals surface area contributed by atoms with Crippen LogP contribution < -0.4 is 5.32 Å². The van der Waals surface area contributed by atoms with E-state index < -0.39 is 0 Å². The van der Waals surface area contributed by atoms with Gasteiger partial charge in [0.15, 0.2) is 0 Å². The fourth-order valence-corrected chi connectivity index (χ4v) is 2.60. The molecule has 2 atom stereocenters. The third-order valence-corrected chi connectivity index (χ3v) is 3.76. The van der Waals surface area contributed by atoms with Gasteiger partial charge in [-0.3, -0.25) is 4.98 Å². The van der Waals surface area contributed by atoms with Gasteiger partial charge in [-0.15, -0.1) is 0 Å². The molecule has 2 nitrogen and oxygen atoms in total. The average Bonchev–Trinajstić information content (AvgIpc) is 2.40. The summed E-state index contributed by atoms with van der Waals surface area (Å²) in [4.78, 5) is 4.38. The van der Waals surface area contributed by atoms with Gasteiger partial charge in [-0.05, 0) is 36.6 Å². The number of hydrogen-bond acceptors (Lipinski definition) is 2. The molecular formula is C16H18N2. The Bertz CT molecular complexity index is 520. The van der Waals surface area contributed by atoms with Crippen molar-refractivity contribution < 1.29 is 0 Å². The first-order chi connectivity index (χ1) is 8.84. The van der Waals surface area contributed by atoms with Crippen molar-refractivity contribution in [3.63, 3.8) is 0 Å². The largest absolute Gasteiger partial charge is 0.308 e. The Morgan fingerprint density at radius 1 is 1.22 bits per heavy atom. The van der Waals surface area contributed by atoms with Crippen molar-refractivity contribution in [3.05, 3.63) is 65.5 Å². The van der Waals surface area contributed by atoms with E-state index in [1.165, 1.54) is 17.5 Å². The van der Waals surface area contributed by atoms with Crippen LogP contribution in [0.5, 0.6) is 0 Å². The normalized spacial score (nSPS) is 18.8. The second-order valence-electron chi connectivity index (χ2n) is 4.98. The maximum Gasteiger partial charge on any atom is 0.0570 e. The summed E-state index contributed by atoms with van der Waals surface area (Å²) in [6.45, 7) is 3.21. The van der Waals surface area contributed by atoms with E-state index in [9.17, 15) is 0 Å². The molecule has 1 aromatic heterocycles. The lowest BCUT2D eigenvalue weighted by Crippen LogP contribution is -2.31. The van der Waals surface area contributed by atoms with Crippen LogP contribution in [0.4, 0.5) is 0 Å². The summed E-state index contributed by atoms with van der Waals surface area (Å²) < 4.78 is 0. The predicted octanol–water partition coefficient (Wildman–Crippen LogP) is 3.07. The van der Waals surface area contributed by atoms with Crippen molar-refractivity contribution in [2.45, 2.75) is 25.3 Å². The van der Waals surface area contributed by atoms with Crippen molar-refractivity contribution in [2.75, 3.05) is 6.54 Å². The summed E-state index contributed by atoms with van der Waals surface area (Å²) in [5.74, 6) is 0.673. The summed E-state index contributed by atoms with van der Waals surface area (Å²) in [5, 5.41) is 3.58. The lowest BCUT2D eigenvalue weighted by Gasteiger charge is -2.31. The molecular weight excluding hydrogens is 220 g/mol. The van der Waals surface area contributed by atoms with Gasteiger partial charge in [-0.1, -0.05) is 30.3 Å². The second-order valence-corrected chi connectivity index (χ2v) is 4.98. The molecule has 0 bridgehead atoms. The standard InChI is InChI=1S/C16H18N2/c1-12(16-8-4-5-9-17-16)18-11-14-10-13-6-2-3-7-15(13)14/h2-9,12,14,18H,10-11H2,1H3/t12-,14?/m1/s1. The monoisotopic (exact) mass is 238 g/mol. The lowest BCUT2D eigenvalue weighted by atomic mass is 9.77. The van der Waals surface area contributed by atoms with Crippen molar-refractivity contribution in [2.24, 2.45) is 0 Å². The van der Waals surface area contributed by atoms with Gasteiger partial charge < -0.3 is 5.32 Å². The molecule has 1 aliphatic rings. The van der Waals surface area contributed by atoms with Gasteiger partial charge in [0, 0.05) is 24.7 Å². The van der Waals surface area contributed by atoms with Crippen LogP contribution in [0.1, 0.15) is 35.7 Å². The number of rotatable bonds is 4. The van der Waals surface area contributed by atoms with E-state index in [1.807, 2.05) is 18.3 Å². The summed E-state index contributed by atoms with van der Waals surface area (Å²) in [7, 11) is 0. The average molecular weight is 238 g/mol. The zero-order valence-electron chi connectivity index (χ0n) is 10.6. The minimum absolute atomic E-state index is 0.318. The topological polar surface area (TPSA) is 24.9 Å². The van der Waals surface area contributed by atoms with Crippen molar-refractivity contribution in [1.29, 1.82) is 0 Å². The molecule has 18 heavy (non-hydrogen) atoms. The third-order valence-electron chi connectivity index (χ3n) is 3.76. The molecule has 1 aliphatic carbocycles. The lowest BCUT2D eigenvalue weighted by molar-refractivity contribution is 0.483. The van der Waals surface area contributed by atoms with Crippen LogP contribution in [0.25, 0.3) is 0 Å². The molecule has 92 valence electrons. The molecule has 0 spiro atoms. The number of benzene rings is 1. The molecule has 2 aromatic rings. The predicted molar refractivity (Wildman–Crippen MR) is 73.5 cm³/mol. The smallest absolute Gasteiger partial charge is 0.0570 e. The van der Waals surface area contributed by atoms with Crippen molar-refractivity contribution >= 4 is 0 Å². The highest BCUT2D eigenvalue weighted by atomic mass is 14.9. The van der Waals surface area contributed by atoms with Crippen LogP contribution in [-0.2, 0) is 6.42 Å². The van der Waals surface area contributed by atoms with E-state index in [-0.39, 0.29) is 0 Å². The Hall–Kier alpha value is -1.67. The molecule has 1 unspecified atom stereocenters. The molecule has 0 amide bonds. The van der Waals surface area contributed by atoms with E-state index in [0.717, 1.165) is 12.2 Å². The van der Waals surface area contributed by atoms with Crippen LogP contribution in [0.15, 0.2) is 48.7 Å². The Morgan fingerprint density at radius 3 is 2.83 bits per heavy atom. The zero-order chi connectivity index (χ0) is 12.4. The third kappa shape index (κ3) is 2.16. The Morgan fingerprint density at radius 2 is 2.06 bits per heavy atom. The van der Waals surface area contributed by atoms with Gasteiger partial charge in [0.2, 0.25) is 0 Å². The fourth-order valence-electron chi connectivity index (χ4n) is 2.60. The highest BCUT2D eigenvalue weighted by molar-refractivity contribution is 5.40. The molecule has 3 rings (SSSR count). The molecule has 1 N–H and O–H groups in total. The van der Waals surface area contributed by atoms with Gasteiger partial charge >= 0.3 is 0 Å². The van der Waals surface area contributed by atoms with Crippen LogP contribution in [0.2, 0.25) is 0 Å². The Kier molecular flexibility index (Phi) is 3.11. The summed E-state index contributed by atoms with van der Waals surface area (Å²) in [6, 6.07) is 15.1. The van der Waals surface area contributed by atoms with E-state index in [1.54, 1.807) is 0 Å². The molecule has 0 saturated carbocycles. The molecule has 0 fully saturated rings. The van der Waals surface area contributed by atoms with Crippen molar-refractivity contribution in [3.8, 4) is 0 Å². The van der Waals surface area contributed by atoms with Gasteiger partial charge in [0.25, 0.3) is 0 Å². The second kappa shape index (κ2) is 4.91. The number of pyridine rings is 1. The maximum absolute atomic E-state index is 4.38. The Balaban J connectivity index is 1.58. The molecule has 2 heteroatoms. The van der Waals surface area contributed by atoms with Gasteiger partial charge in [0.1, 0.15) is 0 Å². The number of nitrogens with one attached hydrogen (secondary N) is 1. The molecule has 0 aliphatic heterocycles. The molecule has 0 radical (unpaired) electrons. The number of aromatic nitrogens is 1. The molecule has 1 heterocycles. The van der Waals surface area contributed by atoms with Gasteiger partial charge in [-0.2, -0.15) is 0 Å². The Labute approximate surface area is 108 Å². The summed E-state index contributed by atoms with van der Waals surface area (Å²) in [6.07, 6.45) is 3.06. The first-order valence-corrected chi connectivity index (χ1v) is 6.56.